The van der Waals surface area contributed by atoms with E-state index < -0.39 is 0 Å². The maximum absolute atomic E-state index is 13.8. The molecule has 6 nitrogen and oxygen atoms in total. The van der Waals surface area contributed by atoms with Crippen LogP contribution in [0.5, 0.6) is 17.2 Å². The van der Waals surface area contributed by atoms with Gasteiger partial charge in [-0.05, 0) is 104 Å². The summed E-state index contributed by atoms with van der Waals surface area (Å²) in [6.45, 7) is 3.92. The number of ether oxygens (including phenoxy) is 3. The van der Waals surface area contributed by atoms with Gasteiger partial charge in [-0.15, -0.1) is 0 Å². The molecule has 1 aliphatic rings. The van der Waals surface area contributed by atoms with Crippen LogP contribution in [0.4, 0.5) is 0 Å². The van der Waals surface area contributed by atoms with Crippen molar-refractivity contribution in [3.05, 3.63) is 83.2 Å². The van der Waals surface area contributed by atoms with Crippen LogP contribution < -0.4 is 19.8 Å². The Bertz CT molecular complexity index is 1370. The molecule has 0 saturated carbocycles. The molecule has 1 saturated heterocycles. The maximum Gasteiger partial charge on any atom is 0.263 e. The zero-order valence-corrected chi connectivity index (χ0v) is 20.9. The first-order valence-corrected chi connectivity index (χ1v) is 12.5. The Morgan fingerprint density at radius 2 is 1.42 bits per heavy atom. The van der Waals surface area contributed by atoms with Crippen molar-refractivity contribution in [1.82, 2.24) is 9.47 Å². The van der Waals surface area contributed by atoms with Gasteiger partial charge in [-0.1, -0.05) is 12.5 Å². The fourth-order valence-electron chi connectivity index (χ4n) is 4.81. The third kappa shape index (κ3) is 5.09. The van der Waals surface area contributed by atoms with E-state index in [0.29, 0.717) is 17.7 Å². The second kappa shape index (κ2) is 10.9. The van der Waals surface area contributed by atoms with Gasteiger partial charge in [-0.25, -0.2) is 0 Å². The van der Waals surface area contributed by atoms with E-state index >= 15 is 0 Å². The molecule has 1 fully saturated rings. The Kier molecular flexibility index (Phi) is 7.23. The Labute approximate surface area is 211 Å². The second-order valence-corrected chi connectivity index (χ2v) is 9.10. The summed E-state index contributed by atoms with van der Waals surface area (Å²) in [5, 5.41) is 1.47. The summed E-state index contributed by atoms with van der Waals surface area (Å²) >= 11 is 0. The number of likely N-dealkylation sites (tertiary alicyclic amines) is 1. The van der Waals surface area contributed by atoms with Crippen molar-refractivity contribution in [3.8, 4) is 34.2 Å². The third-order valence-electron chi connectivity index (χ3n) is 6.83. The minimum absolute atomic E-state index is 0.101. The second-order valence-electron chi connectivity index (χ2n) is 9.10. The quantitative estimate of drug-likeness (QED) is 0.329. The highest BCUT2D eigenvalue weighted by Gasteiger charge is 2.15. The van der Waals surface area contributed by atoms with Gasteiger partial charge in [-0.2, -0.15) is 0 Å². The predicted molar refractivity (Wildman–Crippen MR) is 144 cm³/mol. The third-order valence-corrected chi connectivity index (χ3v) is 6.83. The number of fused-ring (bicyclic) bond motifs is 1. The standard InChI is InChI=1S/C30H32N2O4/c1-34-25-11-6-22(7-12-25)29-20-23-8-13-27(35-2)21-28(23)30(33)32(29)24-9-14-26(15-10-24)36-19-18-31-16-4-3-5-17-31/h6-15,20-21H,3-5,16-19H2,1-2H3. The van der Waals surface area contributed by atoms with Crippen LogP contribution in [-0.2, 0) is 0 Å². The molecule has 5 rings (SSSR count). The molecule has 1 aromatic heterocycles. The minimum atomic E-state index is -0.101. The summed E-state index contributed by atoms with van der Waals surface area (Å²) in [7, 11) is 3.25. The van der Waals surface area contributed by atoms with E-state index in [4.69, 9.17) is 14.2 Å². The molecule has 2 heterocycles. The summed E-state index contributed by atoms with van der Waals surface area (Å²) in [4.78, 5) is 16.3. The lowest BCUT2D eigenvalue weighted by Gasteiger charge is -2.26. The number of aromatic nitrogens is 1. The zero-order valence-electron chi connectivity index (χ0n) is 20.9. The molecule has 0 bridgehead atoms. The van der Waals surface area contributed by atoms with Crippen LogP contribution in [-0.4, -0.2) is 49.9 Å². The number of methoxy groups -OCH3 is 2. The number of rotatable bonds is 8. The van der Waals surface area contributed by atoms with E-state index in [9.17, 15) is 4.79 Å². The van der Waals surface area contributed by atoms with E-state index in [1.807, 2.05) is 66.7 Å². The van der Waals surface area contributed by atoms with Crippen molar-refractivity contribution in [3.63, 3.8) is 0 Å². The van der Waals surface area contributed by atoms with Crippen molar-refractivity contribution in [2.75, 3.05) is 40.5 Å². The molecular weight excluding hydrogens is 452 g/mol. The number of nitrogens with zero attached hydrogens (tertiary/aromatic N) is 2. The van der Waals surface area contributed by atoms with Crippen LogP contribution >= 0.6 is 0 Å². The van der Waals surface area contributed by atoms with E-state index in [1.54, 1.807) is 24.9 Å². The van der Waals surface area contributed by atoms with Crippen molar-refractivity contribution in [2.45, 2.75) is 19.3 Å². The molecule has 1 aliphatic heterocycles. The van der Waals surface area contributed by atoms with Crippen molar-refractivity contribution >= 4 is 10.8 Å². The van der Waals surface area contributed by atoms with E-state index in [2.05, 4.69) is 4.90 Å². The molecule has 3 aromatic carbocycles. The molecule has 0 amide bonds. The van der Waals surface area contributed by atoms with Crippen molar-refractivity contribution in [2.24, 2.45) is 0 Å². The lowest BCUT2D eigenvalue weighted by atomic mass is 10.1. The fourth-order valence-corrected chi connectivity index (χ4v) is 4.81. The molecule has 0 aliphatic carbocycles. The lowest BCUT2D eigenvalue weighted by Crippen LogP contribution is -2.33. The molecular formula is C30H32N2O4. The molecule has 0 atom stereocenters. The number of hydrogen-bond donors (Lipinski definition) is 0. The lowest BCUT2D eigenvalue weighted by molar-refractivity contribution is 0.183. The average Bonchev–Trinajstić information content (AvgIpc) is 2.94. The minimum Gasteiger partial charge on any atom is -0.497 e. The topological polar surface area (TPSA) is 52.9 Å². The van der Waals surface area contributed by atoms with Gasteiger partial charge in [0.2, 0.25) is 0 Å². The Balaban J connectivity index is 1.49. The van der Waals surface area contributed by atoms with E-state index in [0.717, 1.165) is 53.5 Å². The molecule has 6 heteroatoms. The Morgan fingerprint density at radius 3 is 2.11 bits per heavy atom. The maximum atomic E-state index is 13.8. The van der Waals surface area contributed by atoms with Gasteiger partial charge < -0.3 is 14.2 Å². The average molecular weight is 485 g/mol. The summed E-state index contributed by atoms with van der Waals surface area (Å²) < 4.78 is 18.5. The highest BCUT2D eigenvalue weighted by molar-refractivity contribution is 5.87. The smallest absolute Gasteiger partial charge is 0.263 e. The fraction of sp³-hybridized carbons (Fsp3) is 0.300. The molecule has 186 valence electrons. The predicted octanol–water partition coefficient (Wildman–Crippen LogP) is 5.54. The number of piperidine rings is 1. The Morgan fingerprint density at radius 1 is 0.750 bits per heavy atom. The van der Waals surface area contributed by atoms with Crippen molar-refractivity contribution < 1.29 is 14.2 Å². The Hall–Kier alpha value is -3.77. The monoisotopic (exact) mass is 484 g/mol. The van der Waals surface area contributed by atoms with Gasteiger partial charge in [-0.3, -0.25) is 14.3 Å². The van der Waals surface area contributed by atoms with E-state index in [-0.39, 0.29) is 5.56 Å². The summed E-state index contributed by atoms with van der Waals surface area (Å²) in [6.07, 6.45) is 3.88. The van der Waals surface area contributed by atoms with Crippen LogP contribution in [0.2, 0.25) is 0 Å². The molecule has 0 unspecified atom stereocenters. The normalized spacial score (nSPS) is 14.1. The van der Waals surface area contributed by atoms with Gasteiger partial charge in [0.25, 0.3) is 5.56 Å². The van der Waals surface area contributed by atoms with Crippen LogP contribution in [0.3, 0.4) is 0 Å². The van der Waals surface area contributed by atoms with Gasteiger partial charge >= 0.3 is 0 Å². The molecule has 0 N–H and O–H groups in total. The SMILES string of the molecule is COc1ccc(-c2cc3ccc(OC)cc3c(=O)n2-c2ccc(OCCN3CCCCC3)cc2)cc1. The largest absolute Gasteiger partial charge is 0.497 e. The number of benzene rings is 3. The summed E-state index contributed by atoms with van der Waals surface area (Å²) in [5.74, 6) is 2.22. The summed E-state index contributed by atoms with van der Waals surface area (Å²) in [5.41, 5.74) is 2.40. The molecule has 0 radical (unpaired) electrons. The highest BCUT2D eigenvalue weighted by Crippen LogP contribution is 2.29. The van der Waals surface area contributed by atoms with Gasteiger partial charge in [0, 0.05) is 12.2 Å². The molecule has 4 aromatic rings. The van der Waals surface area contributed by atoms with Crippen LogP contribution in [0.1, 0.15) is 19.3 Å². The van der Waals surface area contributed by atoms with Gasteiger partial charge in [0.1, 0.15) is 23.9 Å². The molecule has 36 heavy (non-hydrogen) atoms. The van der Waals surface area contributed by atoms with E-state index in [1.165, 1.54) is 19.3 Å². The van der Waals surface area contributed by atoms with Gasteiger partial charge in [0.05, 0.1) is 25.3 Å². The highest BCUT2D eigenvalue weighted by atomic mass is 16.5. The van der Waals surface area contributed by atoms with Gasteiger partial charge in [0.15, 0.2) is 0 Å². The molecule has 0 spiro atoms. The first-order chi connectivity index (χ1) is 17.7. The number of hydrogen-bond acceptors (Lipinski definition) is 5. The summed E-state index contributed by atoms with van der Waals surface area (Å²) in [6, 6.07) is 23.1. The van der Waals surface area contributed by atoms with Crippen LogP contribution in [0.15, 0.2) is 77.6 Å². The van der Waals surface area contributed by atoms with Crippen LogP contribution in [0.25, 0.3) is 27.7 Å². The van der Waals surface area contributed by atoms with Crippen molar-refractivity contribution in [1.29, 1.82) is 0 Å². The number of pyridine rings is 1. The van der Waals surface area contributed by atoms with Crippen LogP contribution in [0, 0.1) is 0 Å². The zero-order chi connectivity index (χ0) is 24.9. The first-order valence-electron chi connectivity index (χ1n) is 12.5. The first kappa shape index (κ1) is 23.9.